The van der Waals surface area contributed by atoms with Crippen molar-refractivity contribution in [1.82, 2.24) is 19.2 Å². The Morgan fingerprint density at radius 1 is 1.21 bits per heavy atom. The lowest BCUT2D eigenvalue weighted by molar-refractivity contribution is -0.0349. The summed E-state index contributed by atoms with van der Waals surface area (Å²) >= 11 is 0. The van der Waals surface area contributed by atoms with Gasteiger partial charge in [0.2, 0.25) is 0 Å². The molecule has 0 saturated carbocycles. The van der Waals surface area contributed by atoms with Crippen molar-refractivity contribution in [2.24, 2.45) is 7.05 Å². The maximum atomic E-state index is 14.8. The van der Waals surface area contributed by atoms with Gasteiger partial charge in [-0.2, -0.15) is 5.10 Å². The van der Waals surface area contributed by atoms with Crippen molar-refractivity contribution < 1.29 is 13.5 Å². The molecule has 29 heavy (non-hydrogen) atoms. The molecule has 0 N–H and O–H groups in total. The Hall–Kier alpha value is -2.06. The molecule has 4 rings (SSSR count). The van der Waals surface area contributed by atoms with Crippen LogP contribution in [0.15, 0.2) is 29.1 Å². The fourth-order valence-electron chi connectivity index (χ4n) is 4.67. The highest BCUT2D eigenvalue weighted by Gasteiger charge is 2.42. The van der Waals surface area contributed by atoms with Gasteiger partial charge in [0.15, 0.2) is 0 Å². The Labute approximate surface area is 169 Å². The minimum Gasteiger partial charge on any atom is -0.373 e. The second-order valence-corrected chi connectivity index (χ2v) is 8.25. The van der Waals surface area contributed by atoms with Gasteiger partial charge in [-0.1, -0.05) is 18.2 Å². The van der Waals surface area contributed by atoms with E-state index in [-0.39, 0.29) is 42.8 Å². The first-order valence-corrected chi connectivity index (χ1v) is 10.3. The Morgan fingerprint density at radius 2 is 1.90 bits per heavy atom. The van der Waals surface area contributed by atoms with Gasteiger partial charge in [0.05, 0.1) is 19.3 Å². The van der Waals surface area contributed by atoms with Crippen LogP contribution in [-0.2, 0) is 24.9 Å². The summed E-state index contributed by atoms with van der Waals surface area (Å²) in [6.07, 6.45) is 2.64. The summed E-state index contributed by atoms with van der Waals surface area (Å²) in [5.74, 6) is 0.336. The fourth-order valence-corrected chi connectivity index (χ4v) is 4.67. The average molecular weight is 406 g/mol. The second kappa shape index (κ2) is 8.36. The van der Waals surface area contributed by atoms with Crippen molar-refractivity contribution in [1.29, 1.82) is 0 Å². The zero-order valence-corrected chi connectivity index (χ0v) is 16.9. The number of halogens is 2. The van der Waals surface area contributed by atoms with E-state index >= 15 is 0 Å². The summed E-state index contributed by atoms with van der Waals surface area (Å²) in [5, 5.41) is 4.13. The molecule has 8 heteroatoms. The van der Waals surface area contributed by atoms with E-state index in [0.717, 1.165) is 25.7 Å². The Balaban J connectivity index is 1.31. The summed E-state index contributed by atoms with van der Waals surface area (Å²) in [6, 6.07) is 7.23. The van der Waals surface area contributed by atoms with Gasteiger partial charge in [0, 0.05) is 31.2 Å². The molecule has 2 aliphatic heterocycles. The first-order chi connectivity index (χ1) is 13.9. The number of benzene rings is 1. The van der Waals surface area contributed by atoms with Crippen LogP contribution in [0.2, 0.25) is 0 Å². The highest BCUT2D eigenvalue weighted by Crippen LogP contribution is 2.37. The van der Waals surface area contributed by atoms with E-state index in [4.69, 9.17) is 4.74 Å². The van der Waals surface area contributed by atoms with E-state index in [2.05, 4.69) is 10.00 Å². The monoisotopic (exact) mass is 406 g/mol. The van der Waals surface area contributed by atoms with Crippen molar-refractivity contribution in [3.8, 4) is 0 Å². The molecule has 3 heterocycles. The summed E-state index contributed by atoms with van der Waals surface area (Å²) < 4.78 is 37.2. The van der Waals surface area contributed by atoms with Crippen LogP contribution in [0.4, 0.5) is 8.78 Å². The average Bonchev–Trinajstić information content (AvgIpc) is 3.06. The highest BCUT2D eigenvalue weighted by atomic mass is 19.1. The molecule has 0 amide bonds. The number of alkyl halides is 1. The van der Waals surface area contributed by atoms with Crippen LogP contribution in [0.25, 0.3) is 0 Å². The summed E-state index contributed by atoms with van der Waals surface area (Å²) in [4.78, 5) is 14.3. The van der Waals surface area contributed by atoms with Crippen LogP contribution in [0, 0.1) is 12.7 Å². The lowest BCUT2D eigenvalue weighted by atomic mass is 9.99. The number of hydrogen-bond acceptors (Lipinski definition) is 4. The van der Waals surface area contributed by atoms with Gasteiger partial charge in [-0.15, -0.1) is 0 Å². The molecule has 2 fully saturated rings. The van der Waals surface area contributed by atoms with Gasteiger partial charge in [0.25, 0.3) is 0 Å². The van der Waals surface area contributed by atoms with Gasteiger partial charge < -0.3 is 4.74 Å². The number of ether oxygens (including phenoxy) is 1. The maximum absolute atomic E-state index is 14.8. The van der Waals surface area contributed by atoms with E-state index in [1.807, 2.05) is 6.07 Å². The standard InChI is InChI=1S/C21H28F2N4O2/c1-14-24-27(21(28)25(14)2)12-16(22)11-26-17-7-8-18(26)10-19(9-17)29-13-15-5-3-4-6-20(15)23/h3-6,16-19H,7-13H2,1-2H3/t16-,17?,18?,19?/m0/s1. The van der Waals surface area contributed by atoms with Gasteiger partial charge in [-0.3, -0.25) is 9.47 Å². The molecule has 0 spiro atoms. The third kappa shape index (κ3) is 4.28. The Bertz CT molecular complexity index is 898. The number of nitrogens with zero attached hydrogens (tertiary/aromatic N) is 4. The fraction of sp³-hybridized carbons (Fsp3) is 0.619. The molecular formula is C21H28F2N4O2. The largest absolute Gasteiger partial charge is 0.373 e. The van der Waals surface area contributed by atoms with E-state index in [1.165, 1.54) is 15.3 Å². The number of piperidine rings is 1. The zero-order valence-electron chi connectivity index (χ0n) is 16.9. The van der Waals surface area contributed by atoms with Crippen LogP contribution in [0.1, 0.15) is 37.1 Å². The second-order valence-electron chi connectivity index (χ2n) is 8.25. The first kappa shape index (κ1) is 20.2. The number of fused-ring (bicyclic) bond motifs is 2. The van der Waals surface area contributed by atoms with Gasteiger partial charge in [-0.05, 0) is 38.7 Å². The number of rotatable bonds is 7. The van der Waals surface area contributed by atoms with Crippen molar-refractivity contribution in [2.45, 2.75) is 70.1 Å². The molecule has 3 atom stereocenters. The highest BCUT2D eigenvalue weighted by molar-refractivity contribution is 5.16. The normalized spacial score (nSPS) is 25.4. The number of aryl methyl sites for hydroxylation is 1. The third-order valence-corrected chi connectivity index (χ3v) is 6.31. The van der Waals surface area contributed by atoms with Crippen LogP contribution >= 0.6 is 0 Å². The smallest absolute Gasteiger partial charge is 0.345 e. The van der Waals surface area contributed by atoms with Crippen LogP contribution in [0.5, 0.6) is 0 Å². The van der Waals surface area contributed by atoms with E-state index < -0.39 is 6.17 Å². The number of hydrogen-bond donors (Lipinski definition) is 0. The minimum atomic E-state index is -1.15. The molecule has 2 aliphatic rings. The van der Waals surface area contributed by atoms with Crippen molar-refractivity contribution in [3.63, 3.8) is 0 Å². The molecular weight excluding hydrogens is 378 g/mol. The summed E-state index contributed by atoms with van der Waals surface area (Å²) in [6.45, 7) is 2.28. The first-order valence-electron chi connectivity index (χ1n) is 10.3. The van der Waals surface area contributed by atoms with Gasteiger partial charge in [-0.25, -0.2) is 18.3 Å². The molecule has 158 valence electrons. The predicted octanol–water partition coefficient (Wildman–Crippen LogP) is 2.58. The molecule has 2 saturated heterocycles. The topological polar surface area (TPSA) is 52.3 Å². The molecule has 2 aromatic rings. The van der Waals surface area contributed by atoms with E-state index in [9.17, 15) is 13.6 Å². The molecule has 6 nitrogen and oxygen atoms in total. The van der Waals surface area contributed by atoms with Gasteiger partial charge >= 0.3 is 5.69 Å². The van der Waals surface area contributed by atoms with E-state index in [1.54, 1.807) is 26.1 Å². The minimum absolute atomic E-state index is 0.0241. The lowest BCUT2D eigenvalue weighted by Crippen LogP contribution is -2.48. The molecule has 2 unspecified atom stereocenters. The summed E-state index contributed by atoms with van der Waals surface area (Å²) in [7, 11) is 1.64. The molecule has 1 aromatic carbocycles. The maximum Gasteiger partial charge on any atom is 0.345 e. The van der Waals surface area contributed by atoms with Crippen LogP contribution < -0.4 is 5.69 Å². The Kier molecular flexibility index (Phi) is 5.83. The number of aromatic nitrogens is 3. The van der Waals surface area contributed by atoms with Crippen LogP contribution in [0.3, 0.4) is 0 Å². The molecule has 0 aliphatic carbocycles. The SMILES string of the molecule is Cc1nn(C[C@@H](F)CN2C3CCC2CC(OCc2ccccc2F)C3)c(=O)n1C. The lowest BCUT2D eigenvalue weighted by Gasteiger charge is -2.39. The third-order valence-electron chi connectivity index (χ3n) is 6.31. The van der Waals surface area contributed by atoms with Crippen molar-refractivity contribution in [3.05, 3.63) is 52.0 Å². The Morgan fingerprint density at radius 3 is 2.52 bits per heavy atom. The molecule has 1 aromatic heterocycles. The zero-order chi connectivity index (χ0) is 20.5. The quantitative estimate of drug-likeness (QED) is 0.709. The van der Waals surface area contributed by atoms with Crippen molar-refractivity contribution >= 4 is 0 Å². The summed E-state index contributed by atoms with van der Waals surface area (Å²) in [5.41, 5.74) is 0.288. The van der Waals surface area contributed by atoms with E-state index in [0.29, 0.717) is 17.9 Å². The predicted molar refractivity (Wildman–Crippen MR) is 105 cm³/mol. The van der Waals surface area contributed by atoms with Crippen molar-refractivity contribution in [2.75, 3.05) is 6.54 Å². The van der Waals surface area contributed by atoms with Gasteiger partial charge in [0.1, 0.15) is 17.8 Å². The van der Waals surface area contributed by atoms with Crippen LogP contribution in [-0.4, -0.2) is 50.2 Å². The molecule has 2 bridgehead atoms. The molecule has 0 radical (unpaired) electrons.